The molecule has 56 valence electrons. The zero-order valence-electron chi connectivity index (χ0n) is 5.99. The van der Waals surface area contributed by atoms with Crippen LogP contribution in [0.5, 0.6) is 0 Å². The molecule has 0 spiro atoms. The molecule has 3 heteroatoms. The van der Waals surface area contributed by atoms with Gasteiger partial charge in [-0.3, -0.25) is 4.98 Å². The normalized spacial score (nSPS) is 9.09. The van der Waals surface area contributed by atoms with Crippen LogP contribution in [-0.2, 0) is 6.42 Å². The van der Waals surface area contributed by atoms with Crippen molar-refractivity contribution >= 4 is 0 Å². The van der Waals surface area contributed by atoms with E-state index in [0.717, 1.165) is 5.56 Å². The van der Waals surface area contributed by atoms with E-state index in [0.29, 0.717) is 12.0 Å². The molecular weight excluding hydrogens is 140 g/mol. The zero-order chi connectivity index (χ0) is 8.10. The Balaban J connectivity index is 2.85. The lowest BCUT2D eigenvalue weighted by molar-refractivity contribution is 0.299. The van der Waals surface area contributed by atoms with Crippen LogP contribution in [0, 0.1) is 11.3 Å². The molecule has 0 bridgehead atoms. The highest BCUT2D eigenvalue weighted by atomic mass is 16.2. The molecule has 1 heterocycles. The highest BCUT2D eigenvalue weighted by molar-refractivity contribution is 5.28. The molecule has 0 saturated heterocycles. The van der Waals surface area contributed by atoms with Crippen molar-refractivity contribution in [2.75, 3.05) is 6.61 Å². The maximum atomic E-state index is 8.57. The molecule has 0 amide bonds. The van der Waals surface area contributed by atoms with Crippen LogP contribution in [0.1, 0.15) is 11.1 Å². The number of pyridine rings is 1. The van der Waals surface area contributed by atoms with Crippen LogP contribution < -0.4 is 0 Å². The third kappa shape index (κ3) is 2.03. The summed E-state index contributed by atoms with van der Waals surface area (Å²) >= 11 is 0. The minimum absolute atomic E-state index is 0.0938. The van der Waals surface area contributed by atoms with E-state index in [2.05, 4.69) is 4.98 Å². The largest absolute Gasteiger partial charge is 0.396 e. The van der Waals surface area contributed by atoms with Gasteiger partial charge in [0.1, 0.15) is 6.07 Å². The molecular formula is C8H8N2O. The molecule has 0 atom stereocenters. The van der Waals surface area contributed by atoms with Gasteiger partial charge >= 0.3 is 0 Å². The number of hydrogen-bond donors (Lipinski definition) is 1. The van der Waals surface area contributed by atoms with E-state index in [1.54, 1.807) is 12.3 Å². The molecule has 0 aromatic carbocycles. The molecule has 0 radical (unpaired) electrons. The topological polar surface area (TPSA) is 56.9 Å². The van der Waals surface area contributed by atoms with Crippen LogP contribution in [0.15, 0.2) is 18.5 Å². The van der Waals surface area contributed by atoms with Gasteiger partial charge in [-0.15, -0.1) is 0 Å². The van der Waals surface area contributed by atoms with E-state index >= 15 is 0 Å². The molecule has 1 N–H and O–H groups in total. The van der Waals surface area contributed by atoms with Gasteiger partial charge in [0, 0.05) is 19.0 Å². The Morgan fingerprint density at radius 2 is 2.36 bits per heavy atom. The number of aliphatic hydroxyl groups is 1. The Labute approximate surface area is 64.9 Å². The standard InChI is InChI=1S/C8H8N2O/c9-4-8-3-7(1-2-11)5-10-6-8/h3,5-6,11H,1-2H2. The fraction of sp³-hybridized carbons (Fsp3) is 0.250. The van der Waals surface area contributed by atoms with Crippen molar-refractivity contribution in [3.05, 3.63) is 29.6 Å². The van der Waals surface area contributed by atoms with E-state index in [1.165, 1.54) is 6.20 Å². The Morgan fingerprint density at radius 1 is 1.55 bits per heavy atom. The van der Waals surface area contributed by atoms with E-state index in [-0.39, 0.29) is 6.61 Å². The Bertz CT molecular complexity index is 278. The molecule has 1 aromatic heterocycles. The van der Waals surface area contributed by atoms with Crippen LogP contribution in [0.3, 0.4) is 0 Å². The smallest absolute Gasteiger partial charge is 0.101 e. The van der Waals surface area contributed by atoms with E-state index < -0.39 is 0 Å². The third-order valence-corrected chi connectivity index (χ3v) is 1.32. The second kappa shape index (κ2) is 3.69. The minimum atomic E-state index is 0.0938. The summed E-state index contributed by atoms with van der Waals surface area (Å²) in [5, 5.41) is 17.1. The van der Waals surface area contributed by atoms with Crippen molar-refractivity contribution in [1.82, 2.24) is 4.98 Å². The highest BCUT2D eigenvalue weighted by Gasteiger charge is 1.93. The van der Waals surface area contributed by atoms with Gasteiger partial charge < -0.3 is 5.11 Å². The van der Waals surface area contributed by atoms with Crippen molar-refractivity contribution in [3.63, 3.8) is 0 Å². The first kappa shape index (κ1) is 7.70. The highest BCUT2D eigenvalue weighted by Crippen LogP contribution is 2.01. The average Bonchev–Trinajstić information content (AvgIpc) is 2.06. The van der Waals surface area contributed by atoms with Crippen molar-refractivity contribution in [2.24, 2.45) is 0 Å². The number of aromatic nitrogens is 1. The molecule has 0 unspecified atom stereocenters. The van der Waals surface area contributed by atoms with Gasteiger partial charge in [-0.05, 0) is 18.1 Å². The lowest BCUT2D eigenvalue weighted by Crippen LogP contribution is -1.92. The van der Waals surface area contributed by atoms with Gasteiger partial charge in [0.25, 0.3) is 0 Å². The van der Waals surface area contributed by atoms with Crippen molar-refractivity contribution in [3.8, 4) is 6.07 Å². The molecule has 0 aliphatic heterocycles. The van der Waals surface area contributed by atoms with E-state index in [1.807, 2.05) is 6.07 Å². The first-order chi connectivity index (χ1) is 5.36. The van der Waals surface area contributed by atoms with Gasteiger partial charge in [-0.2, -0.15) is 5.26 Å². The monoisotopic (exact) mass is 148 g/mol. The average molecular weight is 148 g/mol. The van der Waals surface area contributed by atoms with Crippen molar-refractivity contribution in [2.45, 2.75) is 6.42 Å². The van der Waals surface area contributed by atoms with Crippen LogP contribution in [0.4, 0.5) is 0 Å². The molecule has 0 aliphatic rings. The summed E-state index contributed by atoms with van der Waals surface area (Å²) in [5.41, 5.74) is 1.43. The number of nitrogens with zero attached hydrogens (tertiary/aromatic N) is 2. The SMILES string of the molecule is N#Cc1cncc(CCO)c1. The lowest BCUT2D eigenvalue weighted by atomic mass is 10.2. The van der Waals surface area contributed by atoms with Crippen molar-refractivity contribution < 1.29 is 5.11 Å². The number of rotatable bonds is 2. The van der Waals surface area contributed by atoms with Gasteiger partial charge in [0.15, 0.2) is 0 Å². The number of hydrogen-bond acceptors (Lipinski definition) is 3. The molecule has 1 rings (SSSR count). The molecule has 0 aliphatic carbocycles. The summed E-state index contributed by atoms with van der Waals surface area (Å²) in [6, 6.07) is 3.71. The van der Waals surface area contributed by atoms with Gasteiger partial charge in [0.05, 0.1) is 5.56 Å². The Morgan fingerprint density at radius 3 is 3.00 bits per heavy atom. The summed E-state index contributed by atoms with van der Waals surface area (Å²) in [5.74, 6) is 0. The van der Waals surface area contributed by atoms with Gasteiger partial charge in [0.2, 0.25) is 0 Å². The summed E-state index contributed by atoms with van der Waals surface area (Å²) in [7, 11) is 0. The fourth-order valence-corrected chi connectivity index (χ4v) is 0.815. The molecule has 3 nitrogen and oxygen atoms in total. The first-order valence-electron chi connectivity index (χ1n) is 3.31. The van der Waals surface area contributed by atoms with Gasteiger partial charge in [-0.1, -0.05) is 0 Å². The maximum absolute atomic E-state index is 8.57. The fourth-order valence-electron chi connectivity index (χ4n) is 0.815. The summed E-state index contributed by atoms with van der Waals surface area (Å²) in [4.78, 5) is 3.84. The maximum Gasteiger partial charge on any atom is 0.101 e. The van der Waals surface area contributed by atoms with Crippen LogP contribution in [0.2, 0.25) is 0 Å². The predicted molar refractivity (Wildman–Crippen MR) is 39.7 cm³/mol. The van der Waals surface area contributed by atoms with E-state index in [9.17, 15) is 0 Å². The molecule has 11 heavy (non-hydrogen) atoms. The summed E-state index contributed by atoms with van der Waals surface area (Å²) in [6.07, 6.45) is 3.71. The second-order valence-corrected chi connectivity index (χ2v) is 2.17. The Kier molecular flexibility index (Phi) is 2.59. The Hall–Kier alpha value is -1.40. The number of nitriles is 1. The van der Waals surface area contributed by atoms with Crippen LogP contribution >= 0.6 is 0 Å². The lowest BCUT2D eigenvalue weighted by Gasteiger charge is -1.95. The van der Waals surface area contributed by atoms with Crippen molar-refractivity contribution in [1.29, 1.82) is 5.26 Å². The minimum Gasteiger partial charge on any atom is -0.396 e. The first-order valence-corrected chi connectivity index (χ1v) is 3.31. The third-order valence-electron chi connectivity index (χ3n) is 1.32. The molecule has 0 saturated carbocycles. The quantitative estimate of drug-likeness (QED) is 0.664. The van der Waals surface area contributed by atoms with Crippen LogP contribution in [0.25, 0.3) is 0 Å². The molecule has 1 aromatic rings. The number of aliphatic hydroxyl groups excluding tert-OH is 1. The summed E-state index contributed by atoms with van der Waals surface area (Å²) in [6.45, 7) is 0.0938. The summed E-state index contributed by atoms with van der Waals surface area (Å²) < 4.78 is 0. The van der Waals surface area contributed by atoms with E-state index in [4.69, 9.17) is 10.4 Å². The second-order valence-electron chi connectivity index (χ2n) is 2.17. The van der Waals surface area contributed by atoms with Crippen LogP contribution in [-0.4, -0.2) is 16.7 Å². The van der Waals surface area contributed by atoms with Gasteiger partial charge in [-0.25, -0.2) is 0 Å². The molecule has 0 fully saturated rings. The predicted octanol–water partition coefficient (Wildman–Crippen LogP) is 0.488. The zero-order valence-corrected chi connectivity index (χ0v) is 5.99.